The number of ether oxygens (including phenoxy) is 4. The van der Waals surface area contributed by atoms with Crippen LogP contribution in [0.2, 0.25) is 0 Å². The number of para-hydroxylation sites is 2. The molecule has 396 valence electrons. The van der Waals surface area contributed by atoms with Gasteiger partial charge < -0.3 is 46.8 Å². The van der Waals surface area contributed by atoms with Crippen LogP contribution in [-0.2, 0) is 31.2 Å². The van der Waals surface area contributed by atoms with E-state index in [1.54, 1.807) is 154 Å². The number of sulfone groups is 2. The van der Waals surface area contributed by atoms with Crippen LogP contribution in [0.15, 0.2) is 131 Å². The second kappa shape index (κ2) is 21.5. The first kappa shape index (κ1) is 52.5. The predicted molar refractivity (Wildman–Crippen MR) is 278 cm³/mol. The van der Waals surface area contributed by atoms with Crippen LogP contribution >= 0.6 is 0 Å². The molecule has 0 saturated heterocycles. The Kier molecular flexibility index (Phi) is 14.9. The summed E-state index contributed by atoms with van der Waals surface area (Å²) in [5.74, 6) is 3.54. The van der Waals surface area contributed by atoms with Gasteiger partial charge in [0.05, 0.1) is 50.3 Å². The highest BCUT2D eigenvalue weighted by Gasteiger charge is 2.36. The Labute approximate surface area is 436 Å². The van der Waals surface area contributed by atoms with E-state index >= 15 is 0 Å². The molecule has 8 heterocycles. The highest BCUT2D eigenvalue weighted by atomic mass is 32.2. The Hall–Kier alpha value is -8.32. The monoisotopic (exact) mass is 1070 g/mol. The van der Waals surface area contributed by atoms with Crippen molar-refractivity contribution >= 4 is 31.0 Å². The van der Waals surface area contributed by atoms with E-state index in [4.69, 9.17) is 27.8 Å². The largest absolute Gasteiger partial charge is 0.494 e. The Morgan fingerprint density at radius 2 is 0.868 bits per heavy atom. The van der Waals surface area contributed by atoms with Crippen LogP contribution in [0.1, 0.15) is 60.6 Å². The van der Waals surface area contributed by atoms with E-state index in [-0.39, 0.29) is 23.3 Å². The number of imidazole rings is 2. The minimum absolute atomic E-state index is 0.108. The molecule has 0 bridgehead atoms. The summed E-state index contributed by atoms with van der Waals surface area (Å²) in [5, 5.41) is 36.9. The van der Waals surface area contributed by atoms with Crippen LogP contribution in [0.5, 0.6) is 23.0 Å². The Bertz CT molecular complexity index is 3620. The maximum Gasteiger partial charge on any atom is 0.204 e. The molecule has 2 N–H and O–H groups in total. The molecular weight excluding hydrogens is 1020 g/mol. The van der Waals surface area contributed by atoms with E-state index in [0.29, 0.717) is 80.1 Å². The van der Waals surface area contributed by atoms with E-state index < -0.39 is 53.9 Å². The fourth-order valence-electron chi connectivity index (χ4n) is 8.74. The summed E-state index contributed by atoms with van der Waals surface area (Å²) in [6.45, 7) is 6.53. The number of furan rings is 2. The van der Waals surface area contributed by atoms with Crippen LogP contribution in [0.3, 0.4) is 0 Å². The number of pyridine rings is 2. The second-order valence-electron chi connectivity index (χ2n) is 17.5. The van der Waals surface area contributed by atoms with Gasteiger partial charge in [0.25, 0.3) is 0 Å². The van der Waals surface area contributed by atoms with Gasteiger partial charge in [-0.2, -0.15) is 0 Å². The van der Waals surface area contributed by atoms with Gasteiger partial charge in [0.2, 0.25) is 11.6 Å². The van der Waals surface area contributed by atoms with Crippen LogP contribution < -0.4 is 18.9 Å². The second-order valence-corrected chi connectivity index (χ2v) is 22.2. The molecule has 0 aliphatic carbocycles. The number of nitrogens with zero attached hydrogens (tertiary/aromatic N) is 10. The zero-order chi connectivity index (χ0) is 54.1. The van der Waals surface area contributed by atoms with E-state index in [2.05, 4.69) is 30.4 Å². The highest BCUT2D eigenvalue weighted by molar-refractivity contribution is 7.91. The molecule has 2 aromatic carbocycles. The first-order valence-corrected chi connectivity index (χ1v) is 27.0. The van der Waals surface area contributed by atoms with Gasteiger partial charge in [-0.15, -0.1) is 20.4 Å². The lowest BCUT2D eigenvalue weighted by atomic mass is 10.2. The first-order valence-electron chi connectivity index (χ1n) is 23.6. The third-order valence-electron chi connectivity index (χ3n) is 12.8. The highest BCUT2D eigenvalue weighted by Crippen LogP contribution is 2.40. The molecule has 0 unspecified atom stereocenters. The van der Waals surface area contributed by atoms with E-state index in [1.807, 2.05) is 0 Å². The Morgan fingerprint density at radius 3 is 1.20 bits per heavy atom. The van der Waals surface area contributed by atoms with Crippen molar-refractivity contribution in [3.8, 4) is 57.5 Å². The summed E-state index contributed by atoms with van der Waals surface area (Å²) in [6, 6.07) is 27.8. The van der Waals surface area contributed by atoms with Crippen molar-refractivity contribution in [2.24, 2.45) is 0 Å². The third-order valence-corrected chi connectivity index (χ3v) is 16.9. The maximum absolute atomic E-state index is 13.7. The maximum atomic E-state index is 13.7. The van der Waals surface area contributed by atoms with E-state index in [1.165, 1.54) is 42.3 Å². The Morgan fingerprint density at radius 1 is 0.513 bits per heavy atom. The molecule has 0 fully saturated rings. The quantitative estimate of drug-likeness (QED) is 0.0869. The molecule has 76 heavy (non-hydrogen) atoms. The number of rotatable bonds is 18. The summed E-state index contributed by atoms with van der Waals surface area (Å²) in [4.78, 5) is 8.42. The molecule has 0 radical (unpaired) electrons. The van der Waals surface area contributed by atoms with Gasteiger partial charge in [-0.25, -0.2) is 26.8 Å². The molecular formula is C52H54N10O12S2. The summed E-state index contributed by atoms with van der Waals surface area (Å²) in [7, 11) is -1.91. The molecule has 4 atom stereocenters. The van der Waals surface area contributed by atoms with Crippen molar-refractivity contribution in [3.63, 3.8) is 0 Å². The minimum atomic E-state index is -3.97. The molecule has 10 aromatic rings. The summed E-state index contributed by atoms with van der Waals surface area (Å²) >= 11 is 0. The SMILES string of the molecule is COc1cccc(OC)c1-n1c(CS(=O)(=O)[C@@H](C)[C@@H](O)c2cccc3nccn23)nnc1-c1ccc(C)o1.COc1cccc(OC)c1-n1c(CS(=O)(=O)[C@H](C)[C@H](O)c2cccc3nccn23)nnc1-c1ccc(C)o1. The van der Waals surface area contributed by atoms with Gasteiger partial charge in [-0.05, 0) is 100 Å². The number of hydrogen-bond donors (Lipinski definition) is 2. The number of aromatic nitrogens is 10. The molecule has 24 heteroatoms. The lowest BCUT2D eigenvalue weighted by molar-refractivity contribution is 0.169. The van der Waals surface area contributed by atoms with Crippen LogP contribution in [0, 0.1) is 13.8 Å². The lowest BCUT2D eigenvalue weighted by Gasteiger charge is -2.21. The number of aliphatic hydroxyl groups is 2. The predicted octanol–water partition coefficient (Wildman–Crippen LogP) is 7.08. The summed E-state index contributed by atoms with van der Waals surface area (Å²) < 4.78 is 95.1. The fraction of sp³-hybridized carbons (Fsp3) is 0.269. The summed E-state index contributed by atoms with van der Waals surface area (Å²) in [5.41, 5.74) is 2.88. The number of benzene rings is 2. The number of aliphatic hydroxyl groups excluding tert-OH is 2. The van der Waals surface area contributed by atoms with Gasteiger partial charge in [-0.3, -0.25) is 9.13 Å². The zero-order valence-electron chi connectivity index (χ0n) is 42.5. The fourth-order valence-corrected chi connectivity index (χ4v) is 11.4. The molecule has 22 nitrogen and oxygen atoms in total. The van der Waals surface area contributed by atoms with E-state index in [9.17, 15) is 27.0 Å². The van der Waals surface area contributed by atoms with Crippen molar-refractivity contribution in [1.29, 1.82) is 0 Å². The normalized spacial score (nSPS) is 13.5. The molecule has 0 amide bonds. The van der Waals surface area contributed by atoms with Crippen LogP contribution in [0.4, 0.5) is 0 Å². The van der Waals surface area contributed by atoms with Crippen molar-refractivity contribution in [2.75, 3.05) is 28.4 Å². The van der Waals surface area contributed by atoms with Crippen LogP contribution in [0.25, 0.3) is 45.8 Å². The number of aryl methyl sites for hydroxylation is 2. The average Bonchev–Trinajstić information content (AvgIpc) is 4.32. The smallest absolute Gasteiger partial charge is 0.204 e. The van der Waals surface area contributed by atoms with Crippen molar-refractivity contribution in [3.05, 3.63) is 156 Å². The third kappa shape index (κ3) is 10.0. The molecule has 0 saturated carbocycles. The number of fused-ring (bicyclic) bond motifs is 2. The van der Waals surface area contributed by atoms with Gasteiger partial charge >= 0.3 is 0 Å². The number of hydrogen-bond acceptors (Lipinski definition) is 18. The zero-order valence-corrected chi connectivity index (χ0v) is 44.2. The summed E-state index contributed by atoms with van der Waals surface area (Å²) in [6.07, 6.45) is 3.90. The molecule has 10 rings (SSSR count). The lowest BCUT2D eigenvalue weighted by Crippen LogP contribution is -2.29. The topological polar surface area (TPSA) is 268 Å². The van der Waals surface area contributed by atoms with Crippen molar-refractivity contribution in [2.45, 2.75) is 61.9 Å². The molecule has 0 aliphatic rings. The molecule has 0 spiro atoms. The standard InChI is InChI=1S/2C26H27N5O6S/c2*1-16-11-12-21(37-16)26-29-28-23(31(26)24-19(35-3)8-6-9-20(24)36-4)15-38(33,34)17(2)25(32)18-7-5-10-22-27-13-14-30(18)22/h2*5-14,17,25,32H,15H2,1-4H3/t2*17-,25+/m10/s1. The van der Waals surface area contributed by atoms with Gasteiger partial charge in [0.15, 0.2) is 42.8 Å². The van der Waals surface area contributed by atoms with Crippen molar-refractivity contribution in [1.82, 2.24) is 48.3 Å². The first-order chi connectivity index (χ1) is 36.5. The molecule has 0 aliphatic heterocycles. The molecule has 8 aromatic heterocycles. The Balaban J connectivity index is 0.000000186. The van der Waals surface area contributed by atoms with Gasteiger partial charge in [0.1, 0.15) is 80.9 Å². The minimum Gasteiger partial charge on any atom is -0.494 e. The van der Waals surface area contributed by atoms with Gasteiger partial charge in [0, 0.05) is 24.8 Å². The van der Waals surface area contributed by atoms with Crippen molar-refractivity contribution < 1.29 is 54.8 Å². The van der Waals surface area contributed by atoms with E-state index in [0.717, 1.165) is 0 Å². The van der Waals surface area contributed by atoms with Gasteiger partial charge in [-0.1, -0.05) is 24.3 Å². The number of methoxy groups -OCH3 is 4. The van der Waals surface area contributed by atoms with Crippen LogP contribution in [-0.4, -0.2) is 114 Å². The average molecular weight is 1080 g/mol.